The first-order valence-electron chi connectivity index (χ1n) is 23.3. The van der Waals surface area contributed by atoms with Gasteiger partial charge in [-0.3, -0.25) is 48.1 Å². The predicted molar refractivity (Wildman–Crippen MR) is 256 cm³/mol. The summed E-state index contributed by atoms with van der Waals surface area (Å²) in [5.74, 6) is -5.41. The summed E-state index contributed by atoms with van der Waals surface area (Å²) in [6, 6.07) is -6.64. The van der Waals surface area contributed by atoms with Gasteiger partial charge in [-0.15, -0.1) is 0 Å². The Morgan fingerprint density at radius 1 is 0.676 bits per heavy atom. The molecule has 2 saturated heterocycles. The minimum atomic E-state index is -1.11. The third kappa shape index (κ3) is 20.0. The molecule has 24 nitrogen and oxygen atoms in total. The van der Waals surface area contributed by atoms with Crippen molar-refractivity contribution in [2.75, 3.05) is 57.8 Å². The molecule has 68 heavy (non-hydrogen) atoms. The van der Waals surface area contributed by atoms with Crippen molar-refractivity contribution in [2.24, 2.45) is 39.8 Å². The molecule has 0 bridgehead atoms. The fourth-order valence-corrected chi connectivity index (χ4v) is 8.04. The van der Waals surface area contributed by atoms with E-state index in [2.05, 4.69) is 42.2 Å². The molecule has 0 spiro atoms. The van der Waals surface area contributed by atoms with Crippen molar-refractivity contribution in [2.45, 2.75) is 134 Å². The van der Waals surface area contributed by atoms with E-state index in [9.17, 15) is 47.9 Å². The van der Waals surface area contributed by atoms with Crippen LogP contribution in [0.1, 0.15) is 91.9 Å². The summed E-state index contributed by atoms with van der Waals surface area (Å²) in [6.45, 7) is 6.69. The molecule has 15 N–H and O–H groups in total. The molecule has 2 aliphatic rings. The van der Waals surface area contributed by atoms with Crippen LogP contribution in [0.15, 0.2) is 4.99 Å². The van der Waals surface area contributed by atoms with Gasteiger partial charge in [0.05, 0.1) is 31.7 Å². The highest BCUT2D eigenvalue weighted by Gasteiger charge is 2.38. The van der Waals surface area contributed by atoms with E-state index in [1.165, 1.54) is 21.6 Å². The van der Waals surface area contributed by atoms with Gasteiger partial charge >= 0.3 is 0 Å². The van der Waals surface area contributed by atoms with Gasteiger partial charge in [-0.05, 0) is 94.6 Å². The number of aldehydes is 1. The van der Waals surface area contributed by atoms with Crippen LogP contribution < -0.4 is 60.2 Å². The average molecular weight is 981 g/mol. The van der Waals surface area contributed by atoms with Crippen molar-refractivity contribution in [3.63, 3.8) is 0 Å². The molecule has 2 fully saturated rings. The smallest absolute Gasteiger partial charge is 0.243 e. The highest BCUT2D eigenvalue weighted by molar-refractivity contribution is 7.98. The summed E-state index contributed by atoms with van der Waals surface area (Å²) in [7, 11) is 0. The Morgan fingerprint density at radius 3 is 1.76 bits per heavy atom. The van der Waals surface area contributed by atoms with Gasteiger partial charge < -0.3 is 74.7 Å². The van der Waals surface area contributed by atoms with Gasteiger partial charge in [0.15, 0.2) is 5.96 Å². The van der Waals surface area contributed by atoms with Crippen molar-refractivity contribution in [1.29, 1.82) is 0 Å². The van der Waals surface area contributed by atoms with E-state index in [0.29, 0.717) is 63.5 Å². The Kier molecular flexibility index (Phi) is 26.5. The Morgan fingerprint density at radius 2 is 1.24 bits per heavy atom. The summed E-state index contributed by atoms with van der Waals surface area (Å²) in [5, 5.41) is 18.3. The van der Waals surface area contributed by atoms with Gasteiger partial charge in [-0.1, -0.05) is 27.7 Å². The quantitative estimate of drug-likeness (QED) is 0.0142. The summed E-state index contributed by atoms with van der Waals surface area (Å²) in [4.78, 5) is 137. The second-order valence-corrected chi connectivity index (χ2v) is 18.6. The van der Waals surface area contributed by atoms with Crippen molar-refractivity contribution in [3.05, 3.63) is 0 Å². The number of guanidine groups is 1. The molecule has 0 aliphatic carbocycles. The van der Waals surface area contributed by atoms with Crippen LogP contribution in [-0.4, -0.2) is 175 Å². The molecule has 2 aliphatic heterocycles. The molecule has 384 valence electrons. The zero-order valence-electron chi connectivity index (χ0n) is 40.1. The second kappa shape index (κ2) is 30.7. The van der Waals surface area contributed by atoms with Crippen LogP contribution in [-0.2, 0) is 47.9 Å². The zero-order chi connectivity index (χ0) is 50.9. The number of aliphatic imine (C=N–C) groups is 1. The minimum absolute atomic E-state index is 0.0900. The topological polar surface area (TPSA) is 378 Å². The molecule has 0 aromatic heterocycles. The van der Waals surface area contributed by atoms with E-state index in [0.717, 1.165) is 0 Å². The molecule has 0 aromatic carbocycles. The van der Waals surface area contributed by atoms with Crippen LogP contribution in [0.4, 0.5) is 0 Å². The number of rotatable bonds is 30. The van der Waals surface area contributed by atoms with E-state index in [-0.39, 0.29) is 50.8 Å². The lowest BCUT2D eigenvalue weighted by molar-refractivity contribution is -0.141. The van der Waals surface area contributed by atoms with Crippen molar-refractivity contribution in [3.8, 4) is 0 Å². The Balaban J connectivity index is 1.99. The molecule has 0 unspecified atom stereocenters. The molecule has 2 heterocycles. The third-order valence-electron chi connectivity index (χ3n) is 11.6. The number of nitrogens with one attached hydrogen (secondary N) is 7. The van der Waals surface area contributed by atoms with Gasteiger partial charge in [-0.25, -0.2) is 0 Å². The number of nitrogens with two attached hydrogens (primary N) is 4. The average Bonchev–Trinajstić information content (AvgIpc) is 4.01. The summed E-state index contributed by atoms with van der Waals surface area (Å²) >= 11 is 1.48. The number of likely N-dealkylation sites (tertiary alicyclic amines) is 2. The van der Waals surface area contributed by atoms with Gasteiger partial charge in [0.2, 0.25) is 53.2 Å². The second-order valence-electron chi connectivity index (χ2n) is 17.6. The zero-order valence-corrected chi connectivity index (χ0v) is 41.0. The Bertz CT molecular complexity index is 1770. The Labute approximate surface area is 402 Å². The van der Waals surface area contributed by atoms with Crippen molar-refractivity contribution < 1.29 is 47.9 Å². The molecule has 9 amide bonds. The van der Waals surface area contributed by atoms with Gasteiger partial charge in [-0.2, -0.15) is 11.8 Å². The largest absolute Gasteiger partial charge is 0.370 e. The van der Waals surface area contributed by atoms with Crippen LogP contribution in [0.3, 0.4) is 0 Å². The van der Waals surface area contributed by atoms with E-state index in [4.69, 9.17) is 22.9 Å². The van der Waals surface area contributed by atoms with Crippen LogP contribution in [0.25, 0.3) is 0 Å². The molecule has 2 rings (SSSR count). The Hall–Kier alpha value is -5.56. The predicted octanol–water partition coefficient (Wildman–Crippen LogP) is -3.97. The number of hydrogen-bond acceptors (Lipinski definition) is 14. The first kappa shape index (κ1) is 58.6. The van der Waals surface area contributed by atoms with Crippen LogP contribution >= 0.6 is 11.8 Å². The van der Waals surface area contributed by atoms with Gasteiger partial charge in [0.25, 0.3) is 0 Å². The summed E-state index contributed by atoms with van der Waals surface area (Å²) < 4.78 is 0. The van der Waals surface area contributed by atoms with Crippen molar-refractivity contribution >= 4 is 77.2 Å². The number of unbranched alkanes of at least 4 members (excludes halogenated alkanes) is 1. The molecule has 0 radical (unpaired) electrons. The maximum Gasteiger partial charge on any atom is 0.243 e. The van der Waals surface area contributed by atoms with E-state index < -0.39 is 121 Å². The summed E-state index contributed by atoms with van der Waals surface area (Å²) in [5.41, 5.74) is 22.3. The first-order valence-corrected chi connectivity index (χ1v) is 24.7. The van der Waals surface area contributed by atoms with Crippen LogP contribution in [0, 0.1) is 11.8 Å². The molecule has 7 atom stereocenters. The lowest BCUT2D eigenvalue weighted by Gasteiger charge is -2.28. The number of amides is 9. The maximum atomic E-state index is 13.7. The molecule has 0 aromatic rings. The summed E-state index contributed by atoms with van der Waals surface area (Å²) in [6.07, 6.45) is 6.21. The number of thioether (sulfide) groups is 1. The van der Waals surface area contributed by atoms with E-state index in [1.54, 1.807) is 27.7 Å². The standard InChI is InChI=1S/C43H76N14O10S/c1-25(2)35(45)41(66)53-29(15-20-68-5)38(63)55-36(26(3)4)42(67)54-28(12-6-7-16-44)37(62)50-22-33(60)57-19-10-14-31(57)40(65)51-23-34(61)56-18-9-13-30(56)39(64)49-21-32(59)52-27(24-58)11-8-17-48-43(46)47/h24-31,35-36H,6-23,44-45H2,1-5H3,(H,49,64)(H,50,62)(H,51,65)(H,52,59)(H,53,66)(H,54,67)(H,55,63)(H4,46,47,48)/t27-,28-,29-,30-,31-,35-,36-/m0/s1. The fourth-order valence-electron chi connectivity index (χ4n) is 7.57. The molecule has 25 heteroatoms. The van der Waals surface area contributed by atoms with Gasteiger partial charge in [0, 0.05) is 19.6 Å². The maximum absolute atomic E-state index is 13.7. The highest BCUT2D eigenvalue weighted by atomic mass is 32.2. The monoisotopic (exact) mass is 981 g/mol. The van der Waals surface area contributed by atoms with E-state index in [1.807, 2.05) is 6.26 Å². The van der Waals surface area contributed by atoms with E-state index >= 15 is 0 Å². The normalized spacial score (nSPS) is 17.8. The number of hydrogen-bond donors (Lipinski definition) is 11. The molecule has 0 saturated carbocycles. The van der Waals surface area contributed by atoms with Crippen LogP contribution in [0.5, 0.6) is 0 Å². The molecular formula is C43H76N14O10S. The minimum Gasteiger partial charge on any atom is -0.370 e. The lowest BCUT2D eigenvalue weighted by atomic mass is 10.0. The number of nitrogens with zero attached hydrogens (tertiary/aromatic N) is 3. The number of carbonyl (C=O) groups excluding carboxylic acids is 10. The SMILES string of the molecule is CSCC[C@H](NC(=O)[C@@H](N)C(C)C)C(=O)N[C@H](C(=O)N[C@@H](CCCCN)C(=O)NCC(=O)N1CCC[C@H]1C(=O)NCC(=O)N1CCC[C@H]1C(=O)NCC(=O)N[C@H](C=O)CCCN=C(N)N)C(C)C. The van der Waals surface area contributed by atoms with Crippen molar-refractivity contribution in [1.82, 2.24) is 47.0 Å². The third-order valence-corrected chi connectivity index (χ3v) is 12.2. The van der Waals surface area contributed by atoms with Crippen LogP contribution in [0.2, 0.25) is 0 Å². The fraction of sp³-hybridized carbons (Fsp3) is 0.744. The number of carbonyl (C=O) groups is 10. The lowest BCUT2D eigenvalue weighted by Crippen LogP contribution is -2.59. The first-order chi connectivity index (χ1) is 32.2. The van der Waals surface area contributed by atoms with Gasteiger partial charge in [0.1, 0.15) is 36.5 Å². The highest BCUT2D eigenvalue weighted by Crippen LogP contribution is 2.19. The molecular weight excluding hydrogens is 905 g/mol.